The maximum absolute atomic E-state index is 5.83. The van der Waals surface area contributed by atoms with Gasteiger partial charge in [-0.15, -0.1) is 10.2 Å². The van der Waals surface area contributed by atoms with E-state index in [0.29, 0.717) is 58.7 Å². The largest absolute Gasteiger partial charge is 0.496 e. The molecule has 4 saturated carbocycles. The van der Waals surface area contributed by atoms with Crippen LogP contribution in [0.15, 0.2) is 169 Å². The van der Waals surface area contributed by atoms with Crippen molar-refractivity contribution in [2.75, 3.05) is 70.9 Å². The van der Waals surface area contributed by atoms with Gasteiger partial charge >= 0.3 is 0 Å². The highest BCUT2D eigenvalue weighted by atomic mass is 16.5. The minimum atomic E-state index is 0.461. The Morgan fingerprint density at radius 1 is 0.414 bits per heavy atom. The van der Waals surface area contributed by atoms with Gasteiger partial charge in [-0.2, -0.15) is 5.21 Å². The highest BCUT2D eigenvalue weighted by Gasteiger charge is 2.24. The molecule has 17 rings (SSSR count). The van der Waals surface area contributed by atoms with Gasteiger partial charge in [-0.1, -0.05) is 75.6 Å². The zero-order valence-electron chi connectivity index (χ0n) is 63.6. The number of aromatic nitrogens is 16. The lowest BCUT2D eigenvalue weighted by Crippen LogP contribution is -2.15. The molecule has 13 aromatic heterocycles. The van der Waals surface area contributed by atoms with Crippen molar-refractivity contribution in [1.29, 1.82) is 0 Å². The Morgan fingerprint density at radius 2 is 0.730 bits per heavy atom. The average Bonchev–Trinajstić information content (AvgIpc) is 1.67. The Hall–Kier alpha value is -13.0. The first-order chi connectivity index (χ1) is 54.5. The average molecular weight is 1500 g/mol. The Morgan fingerprint density at radius 3 is 1.04 bits per heavy atom. The Kier molecular flexibility index (Phi) is 23.9. The normalized spacial score (nSPS) is 15.1. The fourth-order valence-corrected chi connectivity index (χ4v) is 14.9. The number of ether oxygens (including phenoxy) is 5. The van der Waals surface area contributed by atoms with Gasteiger partial charge in [-0.3, -0.25) is 27.6 Å². The molecular weight excluding hydrogens is 1400 g/mol. The number of tetrazole rings is 1. The minimum Gasteiger partial charge on any atom is -0.496 e. The van der Waals surface area contributed by atoms with Gasteiger partial charge in [-0.25, -0.2) is 39.9 Å². The van der Waals surface area contributed by atoms with Gasteiger partial charge in [0.1, 0.15) is 63.1 Å². The molecule has 9 N–H and O–H groups in total. The second-order valence-electron chi connectivity index (χ2n) is 27.6. The second kappa shape index (κ2) is 35.4. The van der Waals surface area contributed by atoms with Crippen LogP contribution in [0.3, 0.4) is 0 Å². The predicted octanol–water partition coefficient (Wildman–Crippen LogP) is 14.2. The maximum atomic E-state index is 5.83. The van der Waals surface area contributed by atoms with Crippen LogP contribution >= 0.6 is 0 Å². The van der Waals surface area contributed by atoms with Crippen LogP contribution in [0.1, 0.15) is 114 Å². The van der Waals surface area contributed by atoms with Gasteiger partial charge in [0.25, 0.3) is 0 Å². The summed E-state index contributed by atoms with van der Waals surface area (Å²) in [5.41, 5.74) is 25.8. The van der Waals surface area contributed by atoms with Gasteiger partial charge < -0.3 is 56.4 Å². The Balaban J connectivity index is 0.000000123. The van der Waals surface area contributed by atoms with Crippen LogP contribution in [-0.4, -0.2) is 164 Å². The number of hydrogen-bond acceptors (Lipinski definition) is 24. The van der Waals surface area contributed by atoms with Gasteiger partial charge in [0, 0.05) is 128 Å². The summed E-state index contributed by atoms with van der Waals surface area (Å²) >= 11 is 0. The highest BCUT2D eigenvalue weighted by Crippen LogP contribution is 2.37. The SMILES string of the molecule is CN=CC(=CN)c1cn2c(-c3cccc(NC4CCCC4)n3)cnc2cc1OC.CN=CC(=CN)c1cn2c(-c3cccc(NC4CCCC4)n3)cnc2cc1OC.COc1cc2ncc(-c3cccc(NC4CCCC4)n3)n2cc1-c1nn[nH]n1.COc1cc2ncc(-c3cccc(NC4CCCC4)n3)n2cc1OC. The van der Waals surface area contributed by atoms with Gasteiger partial charge in [0.15, 0.2) is 11.5 Å². The molecule has 0 bridgehead atoms. The first-order valence-electron chi connectivity index (χ1n) is 37.7. The first-order valence-corrected chi connectivity index (χ1v) is 37.7. The standard InChI is InChI=1S/2C22H26N6O.C19H20N8O.C19H22N4O2/c2*1-24-12-15(11-23)17-14-28-19(13-25-22(28)10-20(17)29-2)18-8-5-9-21(27-18)26-16-6-3-4-7-16;1-28-16-9-18-20-10-15(27(18)11-13(16)19-23-25-26-24-19)14-7-4-8-17(22-14)21-12-5-2-3-6-12;1-24-16-10-19-20-11-15(23(19)12-17(16)25-2)14-8-5-9-18(22-14)21-13-6-3-4-7-13/h2*5,8-14,16H,3-4,6-7,23H2,1-2H3,(H,26,27);4,7-12H,2-3,5-6H2,1H3,(H,21,22)(H,23,24,25,26);5,8-13H,3-4,6-7H2,1-2H3,(H,21,22). The summed E-state index contributed by atoms with van der Waals surface area (Å²) in [6.45, 7) is 0. The third-order valence-corrected chi connectivity index (χ3v) is 20.5. The summed E-state index contributed by atoms with van der Waals surface area (Å²) in [5, 5.41) is 28.5. The zero-order chi connectivity index (χ0) is 76.6. The summed E-state index contributed by atoms with van der Waals surface area (Å²) in [4.78, 5) is 45.5. The number of aromatic amines is 1. The number of aliphatic imine (C=N–C) groups is 2. The number of nitrogens with two attached hydrogens (primary N) is 2. The lowest BCUT2D eigenvalue weighted by molar-refractivity contribution is 0.353. The molecular formula is C82H94N24O5. The van der Waals surface area contributed by atoms with Crippen molar-refractivity contribution in [2.45, 2.75) is 127 Å². The first kappa shape index (κ1) is 74.9. The lowest BCUT2D eigenvalue weighted by Gasteiger charge is -2.14. The van der Waals surface area contributed by atoms with E-state index in [9.17, 15) is 0 Å². The van der Waals surface area contributed by atoms with Crippen molar-refractivity contribution in [3.8, 4) is 85.7 Å². The fourth-order valence-electron chi connectivity index (χ4n) is 14.9. The van der Waals surface area contributed by atoms with E-state index in [0.717, 1.165) is 119 Å². The van der Waals surface area contributed by atoms with Crippen molar-refractivity contribution in [3.63, 3.8) is 0 Å². The molecule has 0 spiro atoms. The van der Waals surface area contributed by atoms with Crippen molar-refractivity contribution >= 4 is 69.4 Å². The number of pyridine rings is 8. The van der Waals surface area contributed by atoms with E-state index < -0.39 is 0 Å². The van der Waals surface area contributed by atoms with Crippen LogP contribution in [0.5, 0.6) is 28.7 Å². The molecule has 4 aliphatic carbocycles. The molecule has 572 valence electrons. The predicted molar refractivity (Wildman–Crippen MR) is 436 cm³/mol. The second-order valence-corrected chi connectivity index (χ2v) is 27.6. The summed E-state index contributed by atoms with van der Waals surface area (Å²) in [5.74, 6) is 7.42. The van der Waals surface area contributed by atoms with Crippen LogP contribution in [0.25, 0.3) is 90.7 Å². The number of imidazole rings is 4. The van der Waals surface area contributed by atoms with Crippen LogP contribution in [0.2, 0.25) is 0 Å². The molecule has 0 unspecified atom stereocenters. The molecule has 111 heavy (non-hydrogen) atoms. The van der Waals surface area contributed by atoms with E-state index in [1.54, 1.807) is 62.1 Å². The molecule has 0 aromatic carbocycles. The van der Waals surface area contributed by atoms with Gasteiger partial charge in [0.2, 0.25) is 5.82 Å². The van der Waals surface area contributed by atoms with Crippen molar-refractivity contribution in [2.24, 2.45) is 21.5 Å². The van der Waals surface area contributed by atoms with E-state index in [1.807, 2.05) is 164 Å². The minimum absolute atomic E-state index is 0.461. The third kappa shape index (κ3) is 17.2. The molecule has 29 heteroatoms. The Bertz CT molecular complexity index is 5270. The topological polar surface area (TPSA) is 346 Å². The highest BCUT2D eigenvalue weighted by molar-refractivity contribution is 6.11. The van der Waals surface area contributed by atoms with Crippen LogP contribution in [0, 0.1) is 0 Å². The summed E-state index contributed by atoms with van der Waals surface area (Å²) in [6, 6.07) is 33.8. The maximum Gasteiger partial charge on any atom is 0.209 e. The monoisotopic (exact) mass is 1490 g/mol. The molecule has 0 amide bonds. The van der Waals surface area contributed by atoms with E-state index >= 15 is 0 Å². The number of rotatable bonds is 22. The molecule has 4 aliphatic rings. The van der Waals surface area contributed by atoms with Gasteiger partial charge in [0.05, 0.1) is 118 Å². The van der Waals surface area contributed by atoms with Crippen molar-refractivity contribution < 1.29 is 23.7 Å². The number of anilines is 4. The number of hydrogen-bond donors (Lipinski definition) is 7. The molecule has 0 radical (unpaired) electrons. The van der Waals surface area contributed by atoms with Gasteiger partial charge in [-0.05, 0) is 105 Å². The lowest BCUT2D eigenvalue weighted by atomic mass is 10.1. The van der Waals surface area contributed by atoms with E-state index in [4.69, 9.17) is 55.1 Å². The Labute approximate surface area is 643 Å². The summed E-state index contributed by atoms with van der Waals surface area (Å²) in [7, 11) is 11.6. The molecule has 13 heterocycles. The summed E-state index contributed by atoms with van der Waals surface area (Å²) in [6.07, 6.45) is 41.5. The number of nitrogens with one attached hydrogen (secondary N) is 5. The molecule has 4 fully saturated rings. The smallest absolute Gasteiger partial charge is 0.209 e. The number of H-pyrrole nitrogens is 1. The van der Waals surface area contributed by atoms with Crippen LogP contribution in [0.4, 0.5) is 23.3 Å². The zero-order valence-corrected chi connectivity index (χ0v) is 63.6. The third-order valence-electron chi connectivity index (χ3n) is 20.5. The van der Waals surface area contributed by atoms with Crippen molar-refractivity contribution in [1.82, 2.24) is 78.1 Å². The summed E-state index contributed by atoms with van der Waals surface area (Å²) < 4.78 is 35.3. The number of nitrogens with zero attached hydrogens (tertiary/aromatic N) is 17. The number of fused-ring (bicyclic) bond motifs is 4. The van der Waals surface area contributed by atoms with E-state index in [2.05, 4.69) is 71.8 Å². The number of methoxy groups -OCH3 is 5. The molecule has 0 atom stereocenters. The molecule has 29 nitrogen and oxygen atoms in total. The van der Waals surface area contributed by atoms with E-state index in [-0.39, 0.29) is 0 Å². The molecule has 0 aliphatic heterocycles. The number of allylic oxidation sites excluding steroid dienone is 2. The quantitative estimate of drug-likeness (QED) is 0.0310. The van der Waals surface area contributed by atoms with Crippen LogP contribution in [-0.2, 0) is 0 Å². The fraction of sp³-hybridized carbons (Fsp3) is 0.329. The van der Waals surface area contributed by atoms with Crippen molar-refractivity contribution in [3.05, 3.63) is 170 Å². The molecule has 0 saturated heterocycles. The van der Waals surface area contributed by atoms with Crippen LogP contribution < -0.4 is 56.4 Å². The molecule has 13 aromatic rings. The van der Waals surface area contributed by atoms with E-state index in [1.165, 1.54) is 115 Å².